The molecule has 188 valence electrons. The molecule has 4 nitrogen and oxygen atoms in total. The number of hydrogen-bond donors (Lipinski definition) is 0. The lowest BCUT2D eigenvalue weighted by Gasteiger charge is -2.47. The molecule has 0 unspecified atom stereocenters. The number of methoxy groups -OCH3 is 2. The van der Waals surface area contributed by atoms with E-state index < -0.39 is 0 Å². The van der Waals surface area contributed by atoms with Crippen molar-refractivity contribution in [1.82, 2.24) is 4.90 Å². The van der Waals surface area contributed by atoms with E-state index in [9.17, 15) is 4.39 Å². The summed E-state index contributed by atoms with van der Waals surface area (Å²) in [6.07, 6.45) is 3.49. The molecule has 1 aromatic carbocycles. The van der Waals surface area contributed by atoms with Gasteiger partial charge in [0.1, 0.15) is 0 Å². The number of alkyl halides is 1. The standard InChI is InChI=1S/C23H36FNO3S.3H2S/c1-16(2)11-18-15-25-7-5-17-12-22(26-3)23(27-4)13-19(17)20(25)14-21(18)28-8-10-29-9-6-24;;;/h12-13,16,18,20-21H,5-11,14-15H2,1-4H3;3*1H2/t18-,20-,21-;;;/m0.../s1/i24+0;;;. The summed E-state index contributed by atoms with van der Waals surface area (Å²) in [4.78, 5) is 2.64. The molecule has 0 radical (unpaired) electrons. The highest BCUT2D eigenvalue weighted by Gasteiger charge is 2.40. The summed E-state index contributed by atoms with van der Waals surface area (Å²) in [5.74, 6) is 4.26. The van der Waals surface area contributed by atoms with Gasteiger partial charge < -0.3 is 14.2 Å². The molecule has 2 aliphatic heterocycles. The van der Waals surface area contributed by atoms with Gasteiger partial charge in [-0.3, -0.25) is 9.29 Å². The molecule has 0 amide bonds. The zero-order chi connectivity index (χ0) is 20.8. The average Bonchev–Trinajstić information content (AvgIpc) is 2.72. The van der Waals surface area contributed by atoms with E-state index in [-0.39, 0.29) is 53.3 Å². The van der Waals surface area contributed by atoms with Crippen LogP contribution in [0.4, 0.5) is 4.39 Å². The topological polar surface area (TPSA) is 30.9 Å². The fourth-order valence-corrected chi connectivity index (χ4v) is 5.38. The van der Waals surface area contributed by atoms with E-state index in [0.717, 1.165) is 43.2 Å². The van der Waals surface area contributed by atoms with Crippen LogP contribution in [0.15, 0.2) is 12.1 Å². The third kappa shape index (κ3) is 8.08. The zero-order valence-electron chi connectivity index (χ0n) is 19.8. The largest absolute Gasteiger partial charge is 0.493 e. The third-order valence-corrected chi connectivity index (χ3v) is 7.02. The van der Waals surface area contributed by atoms with Crippen LogP contribution in [0, 0.1) is 11.8 Å². The fourth-order valence-electron chi connectivity index (χ4n) is 4.86. The maximum Gasteiger partial charge on any atom is 0.161 e. The van der Waals surface area contributed by atoms with Crippen molar-refractivity contribution in [3.05, 3.63) is 23.3 Å². The van der Waals surface area contributed by atoms with Crippen LogP contribution in [0.1, 0.15) is 43.9 Å². The predicted molar refractivity (Wildman–Crippen MR) is 149 cm³/mol. The summed E-state index contributed by atoms with van der Waals surface area (Å²) >= 11 is 1.64. The van der Waals surface area contributed by atoms with Crippen LogP contribution in [0.5, 0.6) is 11.5 Å². The molecule has 2 heterocycles. The number of nitrogens with zero attached hydrogens (tertiary/aromatic N) is 1. The minimum atomic E-state index is -0.261. The van der Waals surface area contributed by atoms with Gasteiger partial charge in [-0.1, -0.05) is 13.8 Å². The Hall–Kier alpha value is 0.0700. The van der Waals surface area contributed by atoms with Gasteiger partial charge in [-0.2, -0.15) is 52.2 Å². The minimum Gasteiger partial charge on any atom is -0.493 e. The number of piperidine rings is 1. The number of ether oxygens (including phenoxy) is 3. The van der Waals surface area contributed by atoms with Crippen LogP contribution >= 0.6 is 52.2 Å². The number of fused-ring (bicyclic) bond motifs is 3. The van der Waals surface area contributed by atoms with Gasteiger partial charge in [0.25, 0.3) is 0 Å². The number of halogens is 1. The third-order valence-electron chi connectivity index (χ3n) is 6.12. The van der Waals surface area contributed by atoms with E-state index in [2.05, 4.69) is 30.9 Å². The maximum absolute atomic E-state index is 12.3. The second-order valence-corrected chi connectivity index (χ2v) is 9.73. The molecule has 0 aromatic heterocycles. The molecule has 1 saturated heterocycles. The lowest BCUT2D eigenvalue weighted by molar-refractivity contribution is -0.0590. The Morgan fingerprint density at radius 3 is 2.41 bits per heavy atom. The Balaban J connectivity index is 0.00000320. The van der Waals surface area contributed by atoms with Gasteiger partial charge in [0.2, 0.25) is 0 Å². The Morgan fingerprint density at radius 1 is 1.09 bits per heavy atom. The highest BCUT2D eigenvalue weighted by molar-refractivity contribution is 7.99. The molecule has 3 atom stereocenters. The Bertz CT molecular complexity index is 668. The van der Waals surface area contributed by atoms with Crippen molar-refractivity contribution in [2.75, 3.05) is 52.1 Å². The van der Waals surface area contributed by atoms with E-state index in [0.29, 0.717) is 30.2 Å². The first-order chi connectivity index (χ1) is 14.1. The van der Waals surface area contributed by atoms with Crippen LogP contribution in [-0.4, -0.2) is 63.1 Å². The second-order valence-electron chi connectivity index (χ2n) is 8.50. The molecule has 9 heteroatoms. The van der Waals surface area contributed by atoms with Crippen LogP contribution in [0.25, 0.3) is 0 Å². The molecular formula is C23H42FNO3S4. The molecule has 0 N–H and O–H groups in total. The Morgan fingerprint density at radius 2 is 1.78 bits per heavy atom. The van der Waals surface area contributed by atoms with Crippen LogP contribution in [-0.2, 0) is 11.2 Å². The van der Waals surface area contributed by atoms with Gasteiger partial charge in [0.15, 0.2) is 11.5 Å². The average molecular weight is 528 g/mol. The van der Waals surface area contributed by atoms with E-state index in [4.69, 9.17) is 14.2 Å². The lowest BCUT2D eigenvalue weighted by atomic mass is 9.79. The normalized spacial score (nSPS) is 22.0. The van der Waals surface area contributed by atoms with Crippen molar-refractivity contribution < 1.29 is 18.6 Å². The first-order valence-electron chi connectivity index (χ1n) is 10.8. The molecule has 0 aliphatic carbocycles. The molecule has 32 heavy (non-hydrogen) atoms. The second kappa shape index (κ2) is 15.9. The van der Waals surface area contributed by atoms with Crippen molar-refractivity contribution in [3.63, 3.8) is 0 Å². The molecule has 2 aliphatic rings. The monoisotopic (exact) mass is 527 g/mol. The summed E-state index contributed by atoms with van der Waals surface area (Å²) in [5.41, 5.74) is 2.72. The fraction of sp³-hybridized carbons (Fsp3) is 0.739. The number of hydrogen-bond acceptors (Lipinski definition) is 5. The van der Waals surface area contributed by atoms with Crippen LogP contribution in [0.3, 0.4) is 0 Å². The number of rotatable bonds is 10. The predicted octanol–water partition coefficient (Wildman–Crippen LogP) is 5.10. The van der Waals surface area contributed by atoms with E-state index in [1.54, 1.807) is 26.0 Å². The maximum atomic E-state index is 12.3. The molecule has 1 fully saturated rings. The number of thioether (sulfide) groups is 1. The summed E-state index contributed by atoms with van der Waals surface area (Å²) < 4.78 is 29.8. The Labute approximate surface area is 219 Å². The lowest BCUT2D eigenvalue weighted by Crippen LogP contribution is -2.49. The highest BCUT2D eigenvalue weighted by atomic mass is 32.2. The van der Waals surface area contributed by atoms with E-state index in [1.165, 1.54) is 17.5 Å². The summed E-state index contributed by atoms with van der Waals surface area (Å²) in [7, 11) is 3.40. The van der Waals surface area contributed by atoms with E-state index >= 15 is 0 Å². The minimum absolute atomic E-state index is 0. The van der Waals surface area contributed by atoms with Gasteiger partial charge in [-0.05, 0) is 54.4 Å². The summed E-state index contributed by atoms with van der Waals surface area (Å²) in [6, 6.07) is 4.68. The highest BCUT2D eigenvalue weighted by Crippen LogP contribution is 2.44. The molecule has 3 rings (SSSR count). The smallest absolute Gasteiger partial charge is 0.161 e. The van der Waals surface area contributed by atoms with Crippen molar-refractivity contribution >= 4 is 52.2 Å². The van der Waals surface area contributed by atoms with Gasteiger partial charge in [-0.25, -0.2) is 0 Å². The summed E-state index contributed by atoms with van der Waals surface area (Å²) in [6.45, 7) is 7.20. The molecule has 1 aromatic rings. The molecule has 0 bridgehead atoms. The first-order valence-corrected chi connectivity index (χ1v) is 12.0. The van der Waals surface area contributed by atoms with Crippen LogP contribution in [0.2, 0.25) is 0 Å². The summed E-state index contributed by atoms with van der Waals surface area (Å²) in [5, 5.41) is 0. The van der Waals surface area contributed by atoms with Gasteiger partial charge in [0.05, 0.1) is 33.6 Å². The van der Waals surface area contributed by atoms with Gasteiger partial charge >= 0.3 is 0 Å². The SMILES string of the molecule is COc1cc2c(cc1OC)[C@@H]1C[C@H](OCCSCC[19F])[C@@H](CC(C)C)CN1CC2.S.S.S. The molecule has 0 saturated carbocycles. The number of benzene rings is 1. The van der Waals surface area contributed by atoms with E-state index in [1.807, 2.05) is 0 Å². The molecule has 0 spiro atoms. The van der Waals surface area contributed by atoms with Crippen molar-refractivity contribution in [2.24, 2.45) is 11.8 Å². The molecular weight excluding hydrogens is 486 g/mol. The zero-order valence-corrected chi connectivity index (χ0v) is 23.6. The Kier molecular flexibility index (Phi) is 15.9. The van der Waals surface area contributed by atoms with Crippen molar-refractivity contribution in [3.8, 4) is 11.5 Å². The first kappa shape index (κ1) is 32.1. The van der Waals surface area contributed by atoms with Gasteiger partial charge in [-0.15, -0.1) is 0 Å². The quantitative estimate of drug-likeness (QED) is 0.396. The van der Waals surface area contributed by atoms with Crippen molar-refractivity contribution in [2.45, 2.75) is 45.3 Å². The van der Waals surface area contributed by atoms with Gasteiger partial charge in [0, 0.05) is 30.6 Å². The van der Waals surface area contributed by atoms with Crippen molar-refractivity contribution in [1.29, 1.82) is 0 Å². The van der Waals surface area contributed by atoms with Crippen LogP contribution < -0.4 is 9.47 Å².